The summed E-state index contributed by atoms with van der Waals surface area (Å²) in [7, 11) is 0. The van der Waals surface area contributed by atoms with Crippen LogP contribution in [0.1, 0.15) is 25.3 Å². The van der Waals surface area contributed by atoms with E-state index in [4.69, 9.17) is 0 Å². The fraction of sp³-hybridized carbons (Fsp3) is 0.526. The molecule has 25 heavy (non-hydrogen) atoms. The fourth-order valence-electron chi connectivity index (χ4n) is 3.35. The Bertz CT molecular complexity index is 648. The fourth-order valence-corrected chi connectivity index (χ4v) is 3.35. The monoisotopic (exact) mass is 346 g/mol. The molecule has 5 nitrogen and oxygen atoms in total. The number of piperidine rings is 1. The Labute approximate surface area is 148 Å². The van der Waals surface area contributed by atoms with Crippen LogP contribution >= 0.6 is 0 Å². The lowest BCUT2D eigenvalue weighted by atomic mass is 9.96. The zero-order valence-corrected chi connectivity index (χ0v) is 14.7. The molecule has 0 unspecified atom stereocenters. The number of hydrogen-bond donors (Lipinski definition) is 2. The van der Waals surface area contributed by atoms with E-state index in [2.05, 4.69) is 15.3 Å². The molecule has 1 atom stereocenters. The van der Waals surface area contributed by atoms with Crippen LogP contribution < -0.4 is 5.32 Å². The quantitative estimate of drug-likeness (QED) is 0.807. The number of likely N-dealkylation sites (tertiary alicyclic amines) is 1. The maximum absolute atomic E-state index is 13.0. The predicted octanol–water partition coefficient (Wildman–Crippen LogP) is 2.19. The summed E-state index contributed by atoms with van der Waals surface area (Å²) in [5.41, 5.74) is 1.98. The summed E-state index contributed by atoms with van der Waals surface area (Å²) in [5, 5.41) is 17.3. The molecule has 2 aromatic rings. The Balaban J connectivity index is 1.41. The molecule has 1 aliphatic heterocycles. The van der Waals surface area contributed by atoms with Crippen molar-refractivity contribution in [2.24, 2.45) is 5.92 Å². The van der Waals surface area contributed by atoms with Gasteiger partial charge in [-0.1, -0.05) is 0 Å². The number of aliphatic hydroxyl groups excluding tert-OH is 1. The van der Waals surface area contributed by atoms with E-state index in [-0.39, 0.29) is 11.9 Å². The van der Waals surface area contributed by atoms with Crippen LogP contribution in [0.3, 0.4) is 0 Å². The van der Waals surface area contributed by atoms with Crippen LogP contribution in [0.4, 0.5) is 4.39 Å². The maximum atomic E-state index is 13.0. The van der Waals surface area contributed by atoms with Gasteiger partial charge in [-0.25, -0.2) is 9.07 Å². The van der Waals surface area contributed by atoms with Gasteiger partial charge in [-0.2, -0.15) is 5.10 Å². The van der Waals surface area contributed by atoms with Gasteiger partial charge in [0.15, 0.2) is 0 Å². The molecule has 1 aromatic carbocycles. The van der Waals surface area contributed by atoms with Crippen LogP contribution in [0.15, 0.2) is 36.7 Å². The van der Waals surface area contributed by atoms with Crippen molar-refractivity contribution < 1.29 is 9.50 Å². The first-order valence-corrected chi connectivity index (χ1v) is 9.01. The molecular weight excluding hydrogens is 319 g/mol. The molecule has 3 rings (SSSR count). The van der Waals surface area contributed by atoms with E-state index >= 15 is 0 Å². The van der Waals surface area contributed by atoms with Gasteiger partial charge in [0.25, 0.3) is 0 Å². The third-order valence-corrected chi connectivity index (χ3v) is 4.72. The minimum atomic E-state index is -0.243. The van der Waals surface area contributed by atoms with Crippen molar-refractivity contribution in [3.63, 3.8) is 0 Å². The highest BCUT2D eigenvalue weighted by Crippen LogP contribution is 2.17. The molecule has 1 aromatic heterocycles. The number of hydrogen-bond acceptors (Lipinski definition) is 4. The highest BCUT2D eigenvalue weighted by atomic mass is 19.1. The van der Waals surface area contributed by atoms with Crippen LogP contribution in [0.2, 0.25) is 0 Å². The molecule has 2 heterocycles. The number of nitrogens with zero attached hydrogens (tertiary/aromatic N) is 3. The summed E-state index contributed by atoms with van der Waals surface area (Å²) >= 11 is 0. The van der Waals surface area contributed by atoms with E-state index in [0.717, 1.165) is 44.0 Å². The summed E-state index contributed by atoms with van der Waals surface area (Å²) in [4.78, 5) is 2.34. The number of β-amino-alcohol motifs (C(OH)–C–C–N with tert-alkyl or cyclic N) is 1. The SMILES string of the molecule is C[C@@H](O)CN1CCC(CNCc2cnn(-c3ccc(F)cc3)c2)CC1. The Kier molecular flexibility index (Phi) is 6.18. The molecule has 2 N–H and O–H groups in total. The molecule has 1 saturated heterocycles. The first kappa shape index (κ1) is 18.0. The Morgan fingerprint density at radius 1 is 1.28 bits per heavy atom. The molecule has 1 aliphatic rings. The lowest BCUT2D eigenvalue weighted by Crippen LogP contribution is -2.40. The minimum Gasteiger partial charge on any atom is -0.392 e. The van der Waals surface area contributed by atoms with Crippen molar-refractivity contribution in [2.75, 3.05) is 26.2 Å². The van der Waals surface area contributed by atoms with Crippen LogP contribution in [-0.2, 0) is 6.54 Å². The molecule has 6 heteroatoms. The maximum Gasteiger partial charge on any atom is 0.123 e. The molecule has 0 spiro atoms. The minimum absolute atomic E-state index is 0.239. The van der Waals surface area contributed by atoms with Gasteiger partial charge in [0.2, 0.25) is 0 Å². The largest absolute Gasteiger partial charge is 0.392 e. The standard InChI is InChI=1S/C19H27FN4O/c1-15(25)13-23-8-6-16(7-9-23)10-21-11-17-12-22-24(14-17)19-4-2-18(20)3-5-19/h2-5,12,14-16,21,25H,6-11,13H2,1H3/t15-/m1/s1. The third kappa shape index (κ3) is 5.36. The number of aliphatic hydroxyl groups is 1. The highest BCUT2D eigenvalue weighted by molar-refractivity contribution is 5.31. The van der Waals surface area contributed by atoms with Crippen molar-refractivity contribution in [3.8, 4) is 5.69 Å². The van der Waals surface area contributed by atoms with Crippen LogP contribution in [0, 0.1) is 11.7 Å². The second-order valence-electron chi connectivity index (χ2n) is 6.99. The first-order chi connectivity index (χ1) is 12.1. The Morgan fingerprint density at radius 3 is 2.68 bits per heavy atom. The average molecular weight is 346 g/mol. The molecule has 0 aliphatic carbocycles. The van der Waals surface area contributed by atoms with Crippen LogP contribution in [0.25, 0.3) is 5.69 Å². The van der Waals surface area contributed by atoms with Crippen LogP contribution in [-0.4, -0.2) is 52.1 Å². The Morgan fingerprint density at radius 2 is 2.00 bits per heavy atom. The zero-order valence-electron chi connectivity index (χ0n) is 14.7. The van der Waals surface area contributed by atoms with Crippen molar-refractivity contribution in [2.45, 2.75) is 32.4 Å². The molecule has 0 amide bonds. The number of benzene rings is 1. The van der Waals surface area contributed by atoms with E-state index in [1.165, 1.54) is 25.0 Å². The third-order valence-electron chi connectivity index (χ3n) is 4.72. The number of nitrogens with one attached hydrogen (secondary N) is 1. The predicted molar refractivity (Wildman–Crippen MR) is 96.1 cm³/mol. The first-order valence-electron chi connectivity index (χ1n) is 9.01. The second-order valence-corrected chi connectivity index (χ2v) is 6.99. The number of aromatic nitrogens is 2. The van der Waals surface area contributed by atoms with Crippen molar-refractivity contribution in [3.05, 3.63) is 48.0 Å². The van der Waals surface area contributed by atoms with Crippen molar-refractivity contribution in [1.82, 2.24) is 20.0 Å². The van der Waals surface area contributed by atoms with Gasteiger partial charge >= 0.3 is 0 Å². The molecule has 0 saturated carbocycles. The van der Waals surface area contributed by atoms with E-state index in [9.17, 15) is 9.50 Å². The normalized spacial score (nSPS) is 17.7. The highest BCUT2D eigenvalue weighted by Gasteiger charge is 2.19. The van der Waals surface area contributed by atoms with Crippen molar-refractivity contribution >= 4 is 0 Å². The summed E-state index contributed by atoms with van der Waals surface area (Å²) in [6.45, 7) is 6.56. The zero-order chi connectivity index (χ0) is 17.6. The summed E-state index contributed by atoms with van der Waals surface area (Å²) in [5.74, 6) is 0.453. The van der Waals surface area contributed by atoms with Gasteiger partial charge in [-0.15, -0.1) is 0 Å². The van der Waals surface area contributed by atoms with Gasteiger partial charge < -0.3 is 15.3 Å². The molecule has 0 bridgehead atoms. The number of halogens is 1. The number of rotatable bonds is 7. The van der Waals surface area contributed by atoms with Gasteiger partial charge in [0.1, 0.15) is 5.82 Å². The van der Waals surface area contributed by atoms with E-state index in [0.29, 0.717) is 5.92 Å². The lowest BCUT2D eigenvalue weighted by molar-refractivity contribution is 0.0998. The van der Waals surface area contributed by atoms with Crippen molar-refractivity contribution in [1.29, 1.82) is 0 Å². The van der Waals surface area contributed by atoms with Gasteiger partial charge in [0.05, 0.1) is 18.0 Å². The molecule has 1 fully saturated rings. The van der Waals surface area contributed by atoms with E-state index in [1.807, 2.05) is 19.3 Å². The molecular formula is C19H27FN4O. The van der Waals surface area contributed by atoms with Crippen LogP contribution in [0.5, 0.6) is 0 Å². The van der Waals surface area contributed by atoms with Gasteiger partial charge in [-0.3, -0.25) is 0 Å². The lowest BCUT2D eigenvalue weighted by Gasteiger charge is -2.32. The smallest absolute Gasteiger partial charge is 0.123 e. The second kappa shape index (κ2) is 8.56. The summed E-state index contributed by atoms with van der Waals surface area (Å²) < 4.78 is 14.8. The van der Waals surface area contributed by atoms with E-state index in [1.54, 1.807) is 16.8 Å². The Hall–Kier alpha value is -1.76. The van der Waals surface area contributed by atoms with E-state index < -0.39 is 0 Å². The van der Waals surface area contributed by atoms with Gasteiger partial charge in [0, 0.05) is 24.8 Å². The van der Waals surface area contributed by atoms with Gasteiger partial charge in [-0.05, 0) is 69.6 Å². The summed E-state index contributed by atoms with van der Waals surface area (Å²) in [6.07, 6.45) is 5.93. The molecule has 136 valence electrons. The summed E-state index contributed by atoms with van der Waals surface area (Å²) in [6, 6.07) is 6.33. The topological polar surface area (TPSA) is 53.3 Å². The molecule has 0 radical (unpaired) electrons. The average Bonchev–Trinajstić information content (AvgIpc) is 3.05.